The number of hydrogen-bond donors (Lipinski definition) is 1. The third kappa shape index (κ3) is 1.89. The molecule has 0 bridgehead atoms. The van der Waals surface area contributed by atoms with Crippen LogP contribution in [0.25, 0.3) is 10.9 Å². The Bertz CT molecular complexity index is 470. The lowest BCUT2D eigenvalue weighted by Gasteiger charge is -2.05. The largest absolute Gasteiger partial charge is 0.497 e. The van der Waals surface area contributed by atoms with Crippen molar-refractivity contribution in [1.29, 1.82) is 0 Å². The molecule has 0 fully saturated rings. The number of benzene rings is 1. The van der Waals surface area contributed by atoms with Crippen molar-refractivity contribution in [2.75, 3.05) is 13.7 Å². The fraction of sp³-hybridized carbons (Fsp3) is 0.273. The number of fused-ring (bicyclic) bond motifs is 1. The molecular weight excluding hydrogens is 190 g/mol. The molecule has 4 nitrogen and oxygen atoms in total. The molecule has 0 saturated heterocycles. The zero-order chi connectivity index (χ0) is 10.7. The topological polar surface area (TPSA) is 61.0 Å². The van der Waals surface area contributed by atoms with Crippen LogP contribution in [-0.2, 0) is 6.42 Å². The third-order valence-electron chi connectivity index (χ3n) is 2.31. The SMILES string of the molecule is COc1ccc2c(CCN)ncnc2c1. The summed E-state index contributed by atoms with van der Waals surface area (Å²) in [6, 6.07) is 5.78. The first-order valence-corrected chi connectivity index (χ1v) is 4.83. The van der Waals surface area contributed by atoms with E-state index < -0.39 is 0 Å². The van der Waals surface area contributed by atoms with Crippen LogP contribution in [0.15, 0.2) is 24.5 Å². The van der Waals surface area contributed by atoms with Gasteiger partial charge in [-0.15, -0.1) is 0 Å². The van der Waals surface area contributed by atoms with Gasteiger partial charge in [0, 0.05) is 17.9 Å². The average Bonchev–Trinajstić information content (AvgIpc) is 2.29. The molecule has 78 valence electrons. The monoisotopic (exact) mass is 203 g/mol. The summed E-state index contributed by atoms with van der Waals surface area (Å²) in [6.45, 7) is 0.595. The van der Waals surface area contributed by atoms with Gasteiger partial charge in [0.1, 0.15) is 12.1 Å². The summed E-state index contributed by atoms with van der Waals surface area (Å²) >= 11 is 0. The van der Waals surface area contributed by atoms with Gasteiger partial charge in [-0.25, -0.2) is 9.97 Å². The number of aromatic nitrogens is 2. The number of methoxy groups -OCH3 is 1. The van der Waals surface area contributed by atoms with E-state index in [2.05, 4.69) is 9.97 Å². The summed E-state index contributed by atoms with van der Waals surface area (Å²) in [5.74, 6) is 0.805. The van der Waals surface area contributed by atoms with Gasteiger partial charge in [0.2, 0.25) is 0 Å². The lowest BCUT2D eigenvalue weighted by atomic mass is 10.1. The molecule has 0 aliphatic rings. The second kappa shape index (κ2) is 4.23. The lowest BCUT2D eigenvalue weighted by Crippen LogP contribution is -2.05. The van der Waals surface area contributed by atoms with Crippen LogP contribution in [0.2, 0.25) is 0 Å². The maximum absolute atomic E-state index is 5.52. The molecule has 4 heteroatoms. The van der Waals surface area contributed by atoms with Gasteiger partial charge in [0.05, 0.1) is 18.3 Å². The molecule has 2 rings (SSSR count). The molecular formula is C11H13N3O. The standard InChI is InChI=1S/C11H13N3O/c1-15-8-2-3-9-10(4-5-12)13-7-14-11(9)6-8/h2-3,6-7H,4-5,12H2,1H3. The highest BCUT2D eigenvalue weighted by Gasteiger charge is 2.03. The van der Waals surface area contributed by atoms with Crippen LogP contribution in [0.4, 0.5) is 0 Å². The molecule has 0 atom stereocenters. The molecule has 0 unspecified atom stereocenters. The fourth-order valence-electron chi connectivity index (χ4n) is 1.56. The second-order valence-corrected chi connectivity index (χ2v) is 3.24. The van der Waals surface area contributed by atoms with E-state index in [9.17, 15) is 0 Å². The molecule has 15 heavy (non-hydrogen) atoms. The van der Waals surface area contributed by atoms with Crippen molar-refractivity contribution >= 4 is 10.9 Å². The molecule has 0 saturated carbocycles. The normalized spacial score (nSPS) is 10.5. The number of rotatable bonds is 3. The maximum atomic E-state index is 5.52. The van der Waals surface area contributed by atoms with Gasteiger partial charge < -0.3 is 10.5 Å². The molecule has 1 aromatic heterocycles. The summed E-state index contributed by atoms with van der Waals surface area (Å²) in [6.07, 6.45) is 2.33. The van der Waals surface area contributed by atoms with Gasteiger partial charge in [-0.05, 0) is 18.7 Å². The van der Waals surface area contributed by atoms with Crippen molar-refractivity contribution in [2.45, 2.75) is 6.42 Å². The minimum atomic E-state index is 0.595. The van der Waals surface area contributed by atoms with Crippen molar-refractivity contribution in [3.63, 3.8) is 0 Å². The first-order chi connectivity index (χ1) is 7.35. The fourth-order valence-corrected chi connectivity index (χ4v) is 1.56. The Kier molecular flexibility index (Phi) is 2.78. The molecule has 0 aliphatic carbocycles. The quantitative estimate of drug-likeness (QED) is 0.812. The van der Waals surface area contributed by atoms with Crippen LogP contribution in [0, 0.1) is 0 Å². The molecule has 2 aromatic rings. The number of nitrogens with two attached hydrogens (primary N) is 1. The minimum Gasteiger partial charge on any atom is -0.497 e. The van der Waals surface area contributed by atoms with Gasteiger partial charge >= 0.3 is 0 Å². The number of hydrogen-bond acceptors (Lipinski definition) is 4. The van der Waals surface area contributed by atoms with Crippen molar-refractivity contribution < 1.29 is 4.74 Å². The highest BCUT2D eigenvalue weighted by Crippen LogP contribution is 2.20. The van der Waals surface area contributed by atoms with E-state index in [1.807, 2.05) is 18.2 Å². The summed E-state index contributed by atoms with van der Waals surface area (Å²) in [7, 11) is 1.64. The summed E-state index contributed by atoms with van der Waals surface area (Å²) in [5.41, 5.74) is 7.41. The van der Waals surface area contributed by atoms with Crippen LogP contribution < -0.4 is 10.5 Å². The molecule has 2 N–H and O–H groups in total. The Morgan fingerprint density at radius 3 is 2.93 bits per heavy atom. The van der Waals surface area contributed by atoms with E-state index in [-0.39, 0.29) is 0 Å². The van der Waals surface area contributed by atoms with Crippen LogP contribution in [-0.4, -0.2) is 23.6 Å². The van der Waals surface area contributed by atoms with Gasteiger partial charge in [-0.1, -0.05) is 0 Å². The Morgan fingerprint density at radius 2 is 2.20 bits per heavy atom. The predicted molar refractivity (Wildman–Crippen MR) is 58.8 cm³/mol. The van der Waals surface area contributed by atoms with E-state index >= 15 is 0 Å². The van der Waals surface area contributed by atoms with Crippen molar-refractivity contribution in [3.8, 4) is 5.75 Å². The van der Waals surface area contributed by atoms with Crippen LogP contribution >= 0.6 is 0 Å². The van der Waals surface area contributed by atoms with Crippen molar-refractivity contribution in [1.82, 2.24) is 9.97 Å². The van der Waals surface area contributed by atoms with E-state index in [1.165, 1.54) is 0 Å². The lowest BCUT2D eigenvalue weighted by molar-refractivity contribution is 0.415. The highest BCUT2D eigenvalue weighted by atomic mass is 16.5. The summed E-state index contributed by atoms with van der Waals surface area (Å²) in [4.78, 5) is 8.42. The van der Waals surface area contributed by atoms with Gasteiger partial charge in [0.15, 0.2) is 0 Å². The third-order valence-corrected chi connectivity index (χ3v) is 2.31. The first-order valence-electron chi connectivity index (χ1n) is 4.83. The zero-order valence-electron chi connectivity index (χ0n) is 8.60. The molecule has 1 heterocycles. The Hall–Kier alpha value is -1.68. The number of nitrogens with zero attached hydrogens (tertiary/aromatic N) is 2. The first kappa shape index (κ1) is 9.86. The molecule has 0 amide bonds. The average molecular weight is 203 g/mol. The summed E-state index contributed by atoms with van der Waals surface area (Å²) < 4.78 is 5.14. The molecule has 0 aliphatic heterocycles. The Morgan fingerprint density at radius 1 is 1.33 bits per heavy atom. The second-order valence-electron chi connectivity index (χ2n) is 3.24. The number of ether oxygens (including phenoxy) is 1. The van der Waals surface area contributed by atoms with Gasteiger partial charge in [-0.2, -0.15) is 0 Å². The van der Waals surface area contributed by atoms with Crippen molar-refractivity contribution in [3.05, 3.63) is 30.2 Å². The van der Waals surface area contributed by atoms with Crippen LogP contribution in [0.3, 0.4) is 0 Å². The van der Waals surface area contributed by atoms with Crippen molar-refractivity contribution in [2.24, 2.45) is 5.73 Å². The maximum Gasteiger partial charge on any atom is 0.121 e. The molecule has 1 aromatic carbocycles. The van der Waals surface area contributed by atoms with E-state index in [1.54, 1.807) is 13.4 Å². The van der Waals surface area contributed by atoms with Crippen LogP contribution in [0.1, 0.15) is 5.69 Å². The van der Waals surface area contributed by atoms with E-state index in [4.69, 9.17) is 10.5 Å². The van der Waals surface area contributed by atoms with Gasteiger partial charge in [-0.3, -0.25) is 0 Å². The Balaban J connectivity index is 2.56. The minimum absolute atomic E-state index is 0.595. The van der Waals surface area contributed by atoms with E-state index in [0.29, 0.717) is 6.54 Å². The Labute approximate surface area is 88.1 Å². The highest BCUT2D eigenvalue weighted by molar-refractivity contribution is 5.82. The van der Waals surface area contributed by atoms with Gasteiger partial charge in [0.25, 0.3) is 0 Å². The zero-order valence-corrected chi connectivity index (χ0v) is 8.60. The van der Waals surface area contributed by atoms with Crippen LogP contribution in [0.5, 0.6) is 5.75 Å². The smallest absolute Gasteiger partial charge is 0.121 e. The predicted octanol–water partition coefficient (Wildman–Crippen LogP) is 1.14. The molecule has 0 spiro atoms. The molecule has 0 radical (unpaired) electrons. The summed E-state index contributed by atoms with van der Waals surface area (Å²) in [5, 5.41) is 1.05. The van der Waals surface area contributed by atoms with E-state index in [0.717, 1.165) is 28.8 Å².